The molecule has 1 aromatic rings. The molecule has 0 aliphatic carbocycles. The van der Waals surface area contributed by atoms with Crippen molar-refractivity contribution in [3.63, 3.8) is 0 Å². The highest BCUT2D eigenvalue weighted by Crippen LogP contribution is 2.19. The monoisotopic (exact) mass is 234 g/mol. The highest BCUT2D eigenvalue weighted by molar-refractivity contribution is 5.66. The third kappa shape index (κ3) is 5.62. The van der Waals surface area contributed by atoms with Crippen LogP contribution in [0.2, 0.25) is 0 Å². The summed E-state index contributed by atoms with van der Waals surface area (Å²) in [6, 6.07) is 6.14. The van der Waals surface area contributed by atoms with Gasteiger partial charge in [-0.3, -0.25) is 0 Å². The van der Waals surface area contributed by atoms with Crippen molar-refractivity contribution >= 4 is 11.4 Å². The minimum atomic E-state index is 0.849. The molecule has 0 aliphatic heterocycles. The fraction of sp³-hybridized carbons (Fsp3) is 0.600. The van der Waals surface area contributed by atoms with Gasteiger partial charge >= 0.3 is 0 Å². The molecule has 0 amide bonds. The van der Waals surface area contributed by atoms with Crippen LogP contribution in [-0.4, -0.2) is 6.54 Å². The molecule has 0 aromatic heterocycles. The third-order valence-electron chi connectivity index (χ3n) is 3.05. The first kappa shape index (κ1) is 13.9. The molecule has 96 valence electrons. The van der Waals surface area contributed by atoms with E-state index in [4.69, 9.17) is 5.73 Å². The molecule has 0 heterocycles. The molecule has 0 bridgehead atoms. The van der Waals surface area contributed by atoms with Crippen molar-refractivity contribution in [2.75, 3.05) is 17.6 Å². The summed E-state index contributed by atoms with van der Waals surface area (Å²) in [7, 11) is 0. The molecule has 17 heavy (non-hydrogen) atoms. The molecule has 0 spiro atoms. The van der Waals surface area contributed by atoms with Gasteiger partial charge in [-0.05, 0) is 31.0 Å². The number of benzene rings is 1. The van der Waals surface area contributed by atoms with Gasteiger partial charge in [0.2, 0.25) is 0 Å². The quantitative estimate of drug-likeness (QED) is 0.518. The molecule has 0 saturated heterocycles. The summed E-state index contributed by atoms with van der Waals surface area (Å²) >= 11 is 0. The predicted molar refractivity (Wildman–Crippen MR) is 77.5 cm³/mol. The zero-order valence-electron chi connectivity index (χ0n) is 11.3. The van der Waals surface area contributed by atoms with E-state index >= 15 is 0 Å². The molecule has 3 N–H and O–H groups in total. The van der Waals surface area contributed by atoms with Gasteiger partial charge in [0, 0.05) is 6.54 Å². The van der Waals surface area contributed by atoms with Crippen LogP contribution in [0.1, 0.15) is 51.0 Å². The molecular weight excluding hydrogens is 208 g/mol. The van der Waals surface area contributed by atoms with Gasteiger partial charge < -0.3 is 11.1 Å². The minimum Gasteiger partial charge on any atom is -0.397 e. The van der Waals surface area contributed by atoms with Crippen LogP contribution in [0.3, 0.4) is 0 Å². The van der Waals surface area contributed by atoms with Crippen LogP contribution in [0.5, 0.6) is 0 Å². The van der Waals surface area contributed by atoms with E-state index in [1.165, 1.54) is 44.1 Å². The molecule has 0 aliphatic rings. The smallest absolute Gasteiger partial charge is 0.0576 e. The van der Waals surface area contributed by atoms with Gasteiger partial charge in [-0.1, -0.05) is 45.1 Å². The van der Waals surface area contributed by atoms with Crippen molar-refractivity contribution in [2.45, 2.75) is 52.4 Å². The minimum absolute atomic E-state index is 0.849. The molecule has 0 radical (unpaired) electrons. The van der Waals surface area contributed by atoms with Crippen LogP contribution in [0, 0.1) is 6.92 Å². The van der Waals surface area contributed by atoms with Crippen LogP contribution in [0.25, 0.3) is 0 Å². The van der Waals surface area contributed by atoms with E-state index in [1.54, 1.807) is 0 Å². The Morgan fingerprint density at radius 3 is 2.53 bits per heavy atom. The van der Waals surface area contributed by atoms with Crippen molar-refractivity contribution in [2.24, 2.45) is 0 Å². The van der Waals surface area contributed by atoms with Crippen molar-refractivity contribution in [3.8, 4) is 0 Å². The maximum Gasteiger partial charge on any atom is 0.0576 e. The maximum absolute atomic E-state index is 5.91. The lowest BCUT2D eigenvalue weighted by atomic mass is 10.1. The van der Waals surface area contributed by atoms with Crippen molar-refractivity contribution in [1.29, 1.82) is 0 Å². The van der Waals surface area contributed by atoms with E-state index in [0.29, 0.717) is 0 Å². The zero-order chi connectivity index (χ0) is 12.5. The first-order valence-corrected chi connectivity index (χ1v) is 6.84. The summed E-state index contributed by atoms with van der Waals surface area (Å²) in [5, 5.41) is 3.42. The van der Waals surface area contributed by atoms with E-state index in [-0.39, 0.29) is 0 Å². The summed E-state index contributed by atoms with van der Waals surface area (Å²) in [6.45, 7) is 5.37. The summed E-state index contributed by atoms with van der Waals surface area (Å²) in [4.78, 5) is 0. The van der Waals surface area contributed by atoms with Crippen molar-refractivity contribution < 1.29 is 0 Å². The Morgan fingerprint density at radius 2 is 1.76 bits per heavy atom. The van der Waals surface area contributed by atoms with Crippen LogP contribution >= 0.6 is 0 Å². The van der Waals surface area contributed by atoms with E-state index in [0.717, 1.165) is 17.9 Å². The standard InChI is InChI=1S/C15H26N2/c1-3-4-5-6-7-8-11-17-15-12-13(2)9-10-14(15)16/h9-10,12,17H,3-8,11,16H2,1-2H3. The topological polar surface area (TPSA) is 38.0 Å². The Morgan fingerprint density at radius 1 is 1.06 bits per heavy atom. The number of nitrogen functional groups attached to an aromatic ring is 1. The van der Waals surface area contributed by atoms with Crippen molar-refractivity contribution in [3.05, 3.63) is 23.8 Å². The number of aryl methyl sites for hydroxylation is 1. The van der Waals surface area contributed by atoms with Gasteiger partial charge in [0.25, 0.3) is 0 Å². The molecule has 1 aromatic carbocycles. The Bertz CT molecular complexity index is 321. The molecule has 2 heteroatoms. The lowest BCUT2D eigenvalue weighted by Gasteiger charge is -2.10. The molecule has 0 unspecified atom stereocenters. The van der Waals surface area contributed by atoms with Crippen molar-refractivity contribution in [1.82, 2.24) is 0 Å². The predicted octanol–water partition coefficient (Wildman–Crippen LogP) is 4.35. The van der Waals surface area contributed by atoms with Gasteiger partial charge in [-0.25, -0.2) is 0 Å². The van der Waals surface area contributed by atoms with E-state index < -0.39 is 0 Å². The normalized spacial score (nSPS) is 10.5. The lowest BCUT2D eigenvalue weighted by Crippen LogP contribution is -2.04. The van der Waals surface area contributed by atoms with Crippen LogP contribution in [0.4, 0.5) is 11.4 Å². The fourth-order valence-electron chi connectivity index (χ4n) is 1.95. The first-order valence-electron chi connectivity index (χ1n) is 6.84. The average molecular weight is 234 g/mol. The highest BCUT2D eigenvalue weighted by Gasteiger charge is 1.98. The Labute approximate surface area is 106 Å². The van der Waals surface area contributed by atoms with Crippen LogP contribution in [-0.2, 0) is 0 Å². The molecular formula is C15H26N2. The Balaban J connectivity index is 2.15. The van der Waals surface area contributed by atoms with Gasteiger partial charge in [0.1, 0.15) is 0 Å². The van der Waals surface area contributed by atoms with E-state index in [2.05, 4.69) is 25.2 Å². The van der Waals surface area contributed by atoms with Crippen LogP contribution < -0.4 is 11.1 Å². The average Bonchev–Trinajstić information content (AvgIpc) is 2.32. The van der Waals surface area contributed by atoms with Gasteiger partial charge in [-0.15, -0.1) is 0 Å². The second-order valence-electron chi connectivity index (χ2n) is 4.79. The zero-order valence-corrected chi connectivity index (χ0v) is 11.3. The number of nitrogens with one attached hydrogen (secondary N) is 1. The number of unbranched alkanes of at least 4 members (excludes halogenated alkanes) is 5. The summed E-state index contributed by atoms with van der Waals surface area (Å²) in [6.07, 6.45) is 7.98. The second kappa shape index (κ2) is 7.99. The molecule has 1 rings (SSSR count). The largest absolute Gasteiger partial charge is 0.397 e. The third-order valence-corrected chi connectivity index (χ3v) is 3.05. The fourth-order valence-corrected chi connectivity index (χ4v) is 1.95. The SMILES string of the molecule is CCCCCCCCNc1cc(C)ccc1N. The highest BCUT2D eigenvalue weighted by atomic mass is 14.9. The molecule has 0 fully saturated rings. The second-order valence-corrected chi connectivity index (χ2v) is 4.79. The summed E-state index contributed by atoms with van der Waals surface area (Å²) in [5.74, 6) is 0. The summed E-state index contributed by atoms with van der Waals surface area (Å²) in [5.41, 5.74) is 9.09. The molecule has 0 atom stereocenters. The van der Waals surface area contributed by atoms with Gasteiger partial charge in [0.15, 0.2) is 0 Å². The van der Waals surface area contributed by atoms with Gasteiger partial charge in [-0.2, -0.15) is 0 Å². The number of hydrogen-bond donors (Lipinski definition) is 2. The van der Waals surface area contributed by atoms with Gasteiger partial charge in [0.05, 0.1) is 11.4 Å². The maximum atomic E-state index is 5.91. The lowest BCUT2D eigenvalue weighted by molar-refractivity contribution is 0.617. The summed E-state index contributed by atoms with van der Waals surface area (Å²) < 4.78 is 0. The number of nitrogens with two attached hydrogens (primary N) is 1. The molecule has 0 saturated carbocycles. The van der Waals surface area contributed by atoms with E-state index in [9.17, 15) is 0 Å². The number of hydrogen-bond acceptors (Lipinski definition) is 2. The number of anilines is 2. The number of rotatable bonds is 8. The van der Waals surface area contributed by atoms with E-state index in [1.807, 2.05) is 12.1 Å². The van der Waals surface area contributed by atoms with Crippen LogP contribution in [0.15, 0.2) is 18.2 Å². The Hall–Kier alpha value is -1.18. The molecule has 2 nitrogen and oxygen atoms in total. The first-order chi connectivity index (χ1) is 8.24. The Kier molecular flexibility index (Phi) is 6.53.